The van der Waals surface area contributed by atoms with Crippen molar-refractivity contribution in [2.24, 2.45) is 0 Å². The fraction of sp³-hybridized carbons (Fsp3) is 0.174. The molecule has 0 aromatic heterocycles. The number of carbonyl (C=O) groups excluding carboxylic acids is 1. The van der Waals surface area contributed by atoms with Crippen molar-refractivity contribution in [3.63, 3.8) is 0 Å². The summed E-state index contributed by atoms with van der Waals surface area (Å²) in [5.41, 5.74) is 5.30. The van der Waals surface area contributed by atoms with Crippen molar-refractivity contribution in [2.45, 2.75) is 13.8 Å². The zero-order valence-corrected chi connectivity index (χ0v) is 15.1. The maximum atomic E-state index is 11.6. The van der Waals surface area contributed by atoms with E-state index in [4.69, 9.17) is 9.47 Å². The summed E-state index contributed by atoms with van der Waals surface area (Å²) in [4.78, 5) is 11.6. The SMILES string of the molecule is CCOC(=O)C=C(C)C=CC1=C(c2ccccc2)c2ccccc2OC1. The van der Waals surface area contributed by atoms with Crippen LogP contribution in [0, 0.1) is 0 Å². The maximum absolute atomic E-state index is 11.6. The van der Waals surface area contributed by atoms with Crippen molar-refractivity contribution in [2.75, 3.05) is 13.2 Å². The number of para-hydroxylation sites is 1. The van der Waals surface area contributed by atoms with Crippen molar-refractivity contribution >= 4 is 11.5 Å². The van der Waals surface area contributed by atoms with Crippen LogP contribution in [0.2, 0.25) is 0 Å². The fourth-order valence-corrected chi connectivity index (χ4v) is 2.93. The average Bonchev–Trinajstić information content (AvgIpc) is 2.66. The third-order valence-electron chi connectivity index (χ3n) is 4.10. The number of benzene rings is 2. The minimum Gasteiger partial charge on any atom is -0.488 e. The normalized spacial score (nSPS) is 14.2. The number of esters is 1. The number of hydrogen-bond acceptors (Lipinski definition) is 3. The van der Waals surface area contributed by atoms with Gasteiger partial charge in [0.05, 0.1) is 6.61 Å². The van der Waals surface area contributed by atoms with Gasteiger partial charge in [-0.25, -0.2) is 4.79 Å². The molecule has 0 saturated carbocycles. The first-order valence-electron chi connectivity index (χ1n) is 8.73. The van der Waals surface area contributed by atoms with Crippen molar-refractivity contribution in [1.29, 1.82) is 0 Å². The Morgan fingerprint density at radius 1 is 1.12 bits per heavy atom. The number of allylic oxidation sites excluding steroid dienone is 2. The van der Waals surface area contributed by atoms with E-state index in [1.807, 2.05) is 55.5 Å². The Morgan fingerprint density at radius 3 is 2.62 bits per heavy atom. The van der Waals surface area contributed by atoms with Crippen LogP contribution < -0.4 is 4.74 Å². The Hall–Kier alpha value is -3.07. The van der Waals surface area contributed by atoms with E-state index in [1.54, 1.807) is 6.92 Å². The molecule has 0 bridgehead atoms. The summed E-state index contributed by atoms with van der Waals surface area (Å²) in [6, 6.07) is 18.4. The molecule has 0 spiro atoms. The molecule has 1 aliphatic rings. The van der Waals surface area contributed by atoms with Crippen molar-refractivity contribution in [3.05, 3.63) is 95.1 Å². The molecule has 0 saturated heterocycles. The summed E-state index contributed by atoms with van der Waals surface area (Å²) in [7, 11) is 0. The molecular formula is C23H22O3. The van der Waals surface area contributed by atoms with E-state index >= 15 is 0 Å². The second-order valence-corrected chi connectivity index (χ2v) is 6.02. The van der Waals surface area contributed by atoms with Crippen LogP contribution in [0.25, 0.3) is 5.57 Å². The predicted molar refractivity (Wildman–Crippen MR) is 104 cm³/mol. The molecular weight excluding hydrogens is 324 g/mol. The molecule has 0 atom stereocenters. The zero-order chi connectivity index (χ0) is 18.4. The van der Waals surface area contributed by atoms with Crippen LogP contribution in [-0.2, 0) is 9.53 Å². The standard InChI is InChI=1S/C23H22O3/c1-3-25-22(24)15-17(2)13-14-19-16-26-21-12-8-7-11-20(21)23(19)18-9-5-4-6-10-18/h4-15H,3,16H2,1-2H3. The average molecular weight is 346 g/mol. The smallest absolute Gasteiger partial charge is 0.330 e. The molecule has 1 aliphatic heterocycles. The lowest BCUT2D eigenvalue weighted by molar-refractivity contribution is -0.137. The number of ether oxygens (including phenoxy) is 2. The molecule has 0 aliphatic carbocycles. The van der Waals surface area contributed by atoms with E-state index in [2.05, 4.69) is 18.2 Å². The first kappa shape index (κ1) is 17.7. The summed E-state index contributed by atoms with van der Waals surface area (Å²) in [6.07, 6.45) is 5.44. The molecule has 2 aromatic carbocycles. The summed E-state index contributed by atoms with van der Waals surface area (Å²) in [6.45, 7) is 4.54. The molecule has 0 radical (unpaired) electrons. The van der Waals surface area contributed by atoms with Gasteiger partial charge in [0, 0.05) is 11.6 Å². The van der Waals surface area contributed by atoms with Gasteiger partial charge in [-0.15, -0.1) is 0 Å². The Labute approximate surface area is 154 Å². The lowest BCUT2D eigenvalue weighted by atomic mass is 9.90. The highest BCUT2D eigenvalue weighted by molar-refractivity contribution is 5.87. The molecule has 2 aromatic rings. The quantitative estimate of drug-likeness (QED) is 0.437. The van der Waals surface area contributed by atoms with E-state index in [0.29, 0.717) is 13.2 Å². The molecule has 3 heteroatoms. The van der Waals surface area contributed by atoms with Gasteiger partial charge in [0.25, 0.3) is 0 Å². The Balaban J connectivity index is 2.00. The minimum atomic E-state index is -0.322. The number of rotatable bonds is 5. The van der Waals surface area contributed by atoms with Crippen molar-refractivity contribution < 1.29 is 14.3 Å². The number of hydrogen-bond donors (Lipinski definition) is 0. The molecule has 0 N–H and O–H groups in total. The molecule has 26 heavy (non-hydrogen) atoms. The van der Waals surface area contributed by atoms with Crippen LogP contribution in [-0.4, -0.2) is 19.2 Å². The third kappa shape index (κ3) is 4.12. The monoisotopic (exact) mass is 346 g/mol. The topological polar surface area (TPSA) is 35.5 Å². The lowest BCUT2D eigenvalue weighted by Crippen LogP contribution is -2.11. The summed E-state index contributed by atoms with van der Waals surface area (Å²) in [5.74, 6) is 0.569. The number of fused-ring (bicyclic) bond motifs is 1. The Kier molecular flexibility index (Phi) is 5.69. The molecule has 3 nitrogen and oxygen atoms in total. The summed E-state index contributed by atoms with van der Waals surface area (Å²) >= 11 is 0. The lowest BCUT2D eigenvalue weighted by Gasteiger charge is -2.23. The van der Waals surface area contributed by atoms with E-state index in [9.17, 15) is 4.79 Å². The van der Waals surface area contributed by atoms with Gasteiger partial charge in [-0.1, -0.05) is 60.7 Å². The fourth-order valence-electron chi connectivity index (χ4n) is 2.93. The highest BCUT2D eigenvalue weighted by atomic mass is 16.5. The van der Waals surface area contributed by atoms with Crippen LogP contribution in [0.5, 0.6) is 5.75 Å². The maximum Gasteiger partial charge on any atom is 0.330 e. The molecule has 3 rings (SSSR count). The van der Waals surface area contributed by atoms with Gasteiger partial charge in [-0.05, 0) is 42.2 Å². The minimum absolute atomic E-state index is 0.322. The summed E-state index contributed by atoms with van der Waals surface area (Å²) in [5, 5.41) is 0. The first-order valence-corrected chi connectivity index (χ1v) is 8.73. The van der Waals surface area contributed by atoms with Gasteiger partial charge in [0.15, 0.2) is 0 Å². The van der Waals surface area contributed by atoms with E-state index < -0.39 is 0 Å². The second kappa shape index (κ2) is 8.34. The molecule has 0 unspecified atom stereocenters. The highest BCUT2D eigenvalue weighted by Gasteiger charge is 2.19. The van der Waals surface area contributed by atoms with Gasteiger partial charge in [0.1, 0.15) is 12.4 Å². The van der Waals surface area contributed by atoms with Crippen LogP contribution in [0.4, 0.5) is 0 Å². The second-order valence-electron chi connectivity index (χ2n) is 6.02. The van der Waals surface area contributed by atoms with Gasteiger partial charge in [-0.2, -0.15) is 0 Å². The van der Waals surface area contributed by atoms with E-state index in [1.165, 1.54) is 6.08 Å². The highest BCUT2D eigenvalue weighted by Crippen LogP contribution is 2.37. The Bertz CT molecular complexity index is 873. The van der Waals surface area contributed by atoms with E-state index in [0.717, 1.165) is 33.6 Å². The molecule has 0 amide bonds. The van der Waals surface area contributed by atoms with Gasteiger partial charge >= 0.3 is 5.97 Å². The zero-order valence-electron chi connectivity index (χ0n) is 15.1. The number of carbonyl (C=O) groups is 1. The predicted octanol–water partition coefficient (Wildman–Crippen LogP) is 4.95. The van der Waals surface area contributed by atoms with Crippen LogP contribution >= 0.6 is 0 Å². The Morgan fingerprint density at radius 2 is 1.85 bits per heavy atom. The third-order valence-corrected chi connectivity index (χ3v) is 4.10. The van der Waals surface area contributed by atoms with Gasteiger partial charge < -0.3 is 9.47 Å². The van der Waals surface area contributed by atoms with Crippen molar-refractivity contribution in [3.8, 4) is 5.75 Å². The van der Waals surface area contributed by atoms with Crippen molar-refractivity contribution in [1.82, 2.24) is 0 Å². The van der Waals surface area contributed by atoms with Crippen LogP contribution in [0.15, 0.2) is 84.0 Å². The largest absolute Gasteiger partial charge is 0.488 e. The van der Waals surface area contributed by atoms with Gasteiger partial charge in [-0.3, -0.25) is 0 Å². The molecule has 0 fully saturated rings. The van der Waals surface area contributed by atoms with Crippen LogP contribution in [0.3, 0.4) is 0 Å². The van der Waals surface area contributed by atoms with Gasteiger partial charge in [0.2, 0.25) is 0 Å². The molecule has 132 valence electrons. The molecule has 1 heterocycles. The first-order chi connectivity index (χ1) is 12.7. The van der Waals surface area contributed by atoms with Crippen LogP contribution in [0.1, 0.15) is 25.0 Å². The summed E-state index contributed by atoms with van der Waals surface area (Å²) < 4.78 is 10.9. The van der Waals surface area contributed by atoms with E-state index in [-0.39, 0.29) is 5.97 Å².